The molecule has 3 aromatic rings. The van der Waals surface area contributed by atoms with Crippen molar-refractivity contribution in [3.05, 3.63) is 42.7 Å². The number of rotatable bonds is 2. The third-order valence-electron chi connectivity index (χ3n) is 4.21. The summed E-state index contributed by atoms with van der Waals surface area (Å²) < 4.78 is 43.8. The molecule has 130 valence electrons. The molecule has 1 saturated heterocycles. The number of aromatic nitrogens is 3. The molecule has 0 bridgehead atoms. The van der Waals surface area contributed by atoms with E-state index in [1.807, 2.05) is 11.0 Å². The maximum absolute atomic E-state index is 12.8. The van der Waals surface area contributed by atoms with Crippen molar-refractivity contribution in [2.75, 3.05) is 36.0 Å². The van der Waals surface area contributed by atoms with E-state index in [9.17, 15) is 13.2 Å². The van der Waals surface area contributed by atoms with Crippen molar-refractivity contribution in [1.82, 2.24) is 15.0 Å². The smallest absolute Gasteiger partial charge is 0.433 e. The molecule has 1 aliphatic rings. The van der Waals surface area contributed by atoms with Gasteiger partial charge in [-0.05, 0) is 12.1 Å². The van der Waals surface area contributed by atoms with E-state index in [4.69, 9.17) is 4.42 Å². The molecule has 0 N–H and O–H groups in total. The molecule has 4 rings (SSSR count). The average molecular weight is 349 g/mol. The van der Waals surface area contributed by atoms with E-state index >= 15 is 0 Å². The summed E-state index contributed by atoms with van der Waals surface area (Å²) >= 11 is 0. The second-order valence-corrected chi connectivity index (χ2v) is 5.70. The summed E-state index contributed by atoms with van der Waals surface area (Å²) in [6.07, 6.45) is -0.210. The second kappa shape index (κ2) is 5.91. The molecule has 3 aromatic heterocycles. The number of furan rings is 1. The quantitative estimate of drug-likeness (QED) is 0.709. The monoisotopic (exact) mass is 349 g/mol. The van der Waals surface area contributed by atoms with Crippen LogP contribution in [0.4, 0.5) is 24.8 Å². The van der Waals surface area contributed by atoms with Crippen molar-refractivity contribution < 1.29 is 17.6 Å². The lowest BCUT2D eigenvalue weighted by Crippen LogP contribution is -2.47. The molecule has 6 nitrogen and oxygen atoms in total. The van der Waals surface area contributed by atoms with Crippen LogP contribution < -0.4 is 9.80 Å². The number of fused-ring (bicyclic) bond motifs is 1. The lowest BCUT2D eigenvalue weighted by Gasteiger charge is -2.36. The second-order valence-electron chi connectivity index (χ2n) is 5.70. The first-order valence-electron chi connectivity index (χ1n) is 7.74. The molecule has 0 spiro atoms. The highest BCUT2D eigenvalue weighted by atomic mass is 19.4. The molecule has 1 fully saturated rings. The third kappa shape index (κ3) is 2.97. The summed E-state index contributed by atoms with van der Waals surface area (Å²) in [5.41, 5.74) is -0.164. The van der Waals surface area contributed by atoms with Gasteiger partial charge in [0.2, 0.25) is 0 Å². The average Bonchev–Trinajstić information content (AvgIpc) is 3.10. The predicted octanol–water partition coefficient (Wildman–Crippen LogP) is 2.96. The Hall–Kier alpha value is -2.84. The first-order chi connectivity index (χ1) is 12.0. The summed E-state index contributed by atoms with van der Waals surface area (Å²) in [6.45, 7) is 2.35. The van der Waals surface area contributed by atoms with Gasteiger partial charge in [-0.2, -0.15) is 13.2 Å². The Kier molecular flexibility index (Phi) is 3.70. The maximum atomic E-state index is 12.8. The SMILES string of the molecule is FC(F)(F)c1cc(N2CCN(c3nccc4occc34)CC2)ncn1. The Bertz CT molecular complexity index is 887. The highest BCUT2D eigenvalue weighted by Crippen LogP contribution is 2.30. The fraction of sp³-hybridized carbons (Fsp3) is 0.312. The van der Waals surface area contributed by atoms with Gasteiger partial charge in [-0.1, -0.05) is 0 Å². The van der Waals surface area contributed by atoms with E-state index in [0.717, 1.165) is 29.2 Å². The minimum absolute atomic E-state index is 0.288. The van der Waals surface area contributed by atoms with Gasteiger partial charge in [-0.15, -0.1) is 0 Å². The van der Waals surface area contributed by atoms with Crippen LogP contribution in [0.5, 0.6) is 0 Å². The van der Waals surface area contributed by atoms with Gasteiger partial charge >= 0.3 is 6.18 Å². The molecule has 0 radical (unpaired) electrons. The molecule has 0 unspecified atom stereocenters. The molecule has 4 heterocycles. The minimum atomic E-state index is -4.47. The molecule has 0 aromatic carbocycles. The summed E-state index contributed by atoms with van der Waals surface area (Å²) in [4.78, 5) is 15.6. The first-order valence-corrected chi connectivity index (χ1v) is 7.74. The van der Waals surface area contributed by atoms with Crippen LogP contribution in [0.15, 0.2) is 41.4 Å². The lowest BCUT2D eigenvalue weighted by atomic mass is 10.2. The summed E-state index contributed by atoms with van der Waals surface area (Å²) in [5, 5.41) is 0.928. The van der Waals surface area contributed by atoms with Gasteiger partial charge in [-0.25, -0.2) is 15.0 Å². The number of pyridine rings is 1. The Morgan fingerprint density at radius 3 is 2.48 bits per heavy atom. The van der Waals surface area contributed by atoms with Gasteiger partial charge in [0.15, 0.2) is 0 Å². The third-order valence-corrected chi connectivity index (χ3v) is 4.21. The van der Waals surface area contributed by atoms with Crippen molar-refractivity contribution in [3.8, 4) is 0 Å². The van der Waals surface area contributed by atoms with E-state index in [1.165, 1.54) is 0 Å². The molecule has 25 heavy (non-hydrogen) atoms. The summed E-state index contributed by atoms with van der Waals surface area (Å²) in [5.74, 6) is 1.11. The summed E-state index contributed by atoms with van der Waals surface area (Å²) in [7, 11) is 0. The Morgan fingerprint density at radius 2 is 1.72 bits per heavy atom. The molecule has 0 atom stereocenters. The Balaban J connectivity index is 1.51. The maximum Gasteiger partial charge on any atom is 0.433 e. The molecule has 9 heteroatoms. The van der Waals surface area contributed by atoms with Crippen LogP contribution in [0.1, 0.15) is 5.69 Å². The standard InChI is InChI=1S/C16H14F3N5O/c17-16(18,19)13-9-14(22-10-21-13)23-4-6-24(7-5-23)15-11-2-8-25-12(11)1-3-20-15/h1-3,8-10H,4-7H2. The van der Waals surface area contributed by atoms with Gasteiger partial charge in [0.05, 0.1) is 11.6 Å². The van der Waals surface area contributed by atoms with Crippen LogP contribution in [0.25, 0.3) is 11.0 Å². The Labute approximate surface area is 140 Å². The van der Waals surface area contributed by atoms with Gasteiger partial charge in [0.1, 0.15) is 29.2 Å². The number of hydrogen-bond donors (Lipinski definition) is 0. The number of piperazine rings is 1. The van der Waals surface area contributed by atoms with E-state index in [1.54, 1.807) is 18.5 Å². The van der Waals surface area contributed by atoms with Crippen LogP contribution in [0, 0.1) is 0 Å². The zero-order valence-electron chi connectivity index (χ0n) is 13.1. The predicted molar refractivity (Wildman–Crippen MR) is 85.5 cm³/mol. The number of hydrogen-bond acceptors (Lipinski definition) is 6. The zero-order chi connectivity index (χ0) is 17.4. The van der Waals surface area contributed by atoms with Crippen molar-refractivity contribution >= 4 is 22.6 Å². The van der Waals surface area contributed by atoms with Gasteiger partial charge < -0.3 is 14.2 Å². The number of halogens is 3. The van der Waals surface area contributed by atoms with Gasteiger partial charge in [-0.3, -0.25) is 0 Å². The van der Waals surface area contributed by atoms with Crippen molar-refractivity contribution in [2.45, 2.75) is 6.18 Å². The van der Waals surface area contributed by atoms with E-state index < -0.39 is 11.9 Å². The fourth-order valence-electron chi connectivity index (χ4n) is 2.95. The van der Waals surface area contributed by atoms with Crippen molar-refractivity contribution in [1.29, 1.82) is 0 Å². The molecular weight excluding hydrogens is 335 g/mol. The highest BCUT2D eigenvalue weighted by Gasteiger charge is 2.33. The summed E-state index contributed by atoms with van der Waals surface area (Å²) in [6, 6.07) is 4.66. The van der Waals surface area contributed by atoms with Gasteiger partial charge in [0, 0.05) is 38.4 Å². The normalized spacial score (nSPS) is 15.8. The number of nitrogens with zero attached hydrogens (tertiary/aromatic N) is 5. The van der Waals surface area contributed by atoms with E-state index in [0.29, 0.717) is 26.2 Å². The van der Waals surface area contributed by atoms with Crippen LogP contribution in [-0.2, 0) is 6.18 Å². The largest absolute Gasteiger partial charge is 0.464 e. The zero-order valence-corrected chi connectivity index (χ0v) is 13.1. The minimum Gasteiger partial charge on any atom is -0.464 e. The molecule has 0 amide bonds. The highest BCUT2D eigenvalue weighted by molar-refractivity contribution is 5.88. The van der Waals surface area contributed by atoms with Crippen LogP contribution in [0.3, 0.4) is 0 Å². The first kappa shape index (κ1) is 15.7. The van der Waals surface area contributed by atoms with Crippen molar-refractivity contribution in [3.63, 3.8) is 0 Å². The fourth-order valence-corrected chi connectivity index (χ4v) is 2.95. The van der Waals surface area contributed by atoms with Crippen LogP contribution in [-0.4, -0.2) is 41.1 Å². The lowest BCUT2D eigenvalue weighted by molar-refractivity contribution is -0.141. The molecule has 0 saturated carbocycles. The van der Waals surface area contributed by atoms with E-state index in [2.05, 4.69) is 19.9 Å². The molecular formula is C16H14F3N5O. The van der Waals surface area contributed by atoms with E-state index in [-0.39, 0.29) is 5.82 Å². The van der Waals surface area contributed by atoms with Gasteiger partial charge in [0.25, 0.3) is 0 Å². The van der Waals surface area contributed by atoms with Crippen molar-refractivity contribution in [2.24, 2.45) is 0 Å². The van der Waals surface area contributed by atoms with Crippen LogP contribution >= 0.6 is 0 Å². The molecule has 0 aliphatic carbocycles. The Morgan fingerprint density at radius 1 is 0.960 bits per heavy atom. The molecule has 1 aliphatic heterocycles. The number of alkyl halides is 3. The van der Waals surface area contributed by atoms with Crippen LogP contribution in [0.2, 0.25) is 0 Å². The topological polar surface area (TPSA) is 58.3 Å². The number of anilines is 2.